The number of rotatable bonds is 5. The van der Waals surface area contributed by atoms with Crippen LogP contribution in [0.2, 0.25) is 5.02 Å². The molecule has 6 nitrogen and oxygen atoms in total. The second-order valence-electron chi connectivity index (χ2n) is 4.40. The minimum atomic E-state index is -0.575. The first kappa shape index (κ1) is 15.7. The zero-order chi connectivity index (χ0) is 16.1. The Labute approximate surface area is 130 Å². The van der Waals surface area contributed by atoms with Gasteiger partial charge in [-0.25, -0.2) is 0 Å². The number of benzene rings is 2. The lowest BCUT2D eigenvalue weighted by atomic mass is 10.1. The number of non-ortho nitro benzene ring substituents is 1. The fraction of sp³-hybridized carbons (Fsp3) is 0.0667. The first-order chi connectivity index (χ1) is 10.5. The van der Waals surface area contributed by atoms with E-state index < -0.39 is 4.92 Å². The molecule has 2 aromatic rings. The third kappa shape index (κ3) is 3.89. The molecular formula is C15H11ClN2O4. The molecule has 0 spiro atoms. The number of nitrogens with zero attached hydrogens (tertiary/aromatic N) is 2. The SMILES string of the molecule is O=C(CN=Cc1cc([N+](=O)[O-])ccc1O)c1cccc(Cl)c1. The molecular weight excluding hydrogens is 308 g/mol. The molecule has 0 saturated carbocycles. The third-order valence-corrected chi connectivity index (χ3v) is 3.07. The van der Waals surface area contributed by atoms with E-state index in [1.165, 1.54) is 30.5 Å². The number of hydrogen-bond donors (Lipinski definition) is 1. The summed E-state index contributed by atoms with van der Waals surface area (Å²) < 4.78 is 0. The number of carbonyl (C=O) groups excluding carboxylic acids is 1. The number of aromatic hydroxyl groups is 1. The first-order valence-corrected chi connectivity index (χ1v) is 6.61. The highest BCUT2D eigenvalue weighted by Crippen LogP contribution is 2.21. The molecule has 2 rings (SSSR count). The van der Waals surface area contributed by atoms with Gasteiger partial charge in [0.1, 0.15) is 12.3 Å². The van der Waals surface area contributed by atoms with Gasteiger partial charge >= 0.3 is 0 Å². The van der Waals surface area contributed by atoms with E-state index in [0.717, 1.165) is 0 Å². The second-order valence-corrected chi connectivity index (χ2v) is 4.84. The van der Waals surface area contributed by atoms with Gasteiger partial charge in [-0.15, -0.1) is 0 Å². The molecule has 112 valence electrons. The van der Waals surface area contributed by atoms with Gasteiger partial charge in [-0.05, 0) is 18.2 Å². The van der Waals surface area contributed by atoms with Crippen LogP contribution in [0.3, 0.4) is 0 Å². The van der Waals surface area contributed by atoms with Gasteiger partial charge in [0.05, 0.1) is 4.92 Å². The summed E-state index contributed by atoms with van der Waals surface area (Å²) in [5.74, 6) is -0.395. The van der Waals surface area contributed by atoms with Crippen molar-refractivity contribution in [2.45, 2.75) is 0 Å². The molecule has 7 heteroatoms. The van der Waals surface area contributed by atoms with Crippen molar-refractivity contribution >= 4 is 29.3 Å². The highest BCUT2D eigenvalue weighted by molar-refractivity contribution is 6.31. The Hall–Kier alpha value is -2.73. The summed E-state index contributed by atoms with van der Waals surface area (Å²) in [5, 5.41) is 20.7. The van der Waals surface area contributed by atoms with E-state index in [-0.39, 0.29) is 29.3 Å². The van der Waals surface area contributed by atoms with Crippen LogP contribution in [-0.4, -0.2) is 28.6 Å². The summed E-state index contributed by atoms with van der Waals surface area (Å²) in [6.07, 6.45) is 1.23. The van der Waals surface area contributed by atoms with Crippen molar-refractivity contribution in [3.8, 4) is 5.75 Å². The second kappa shape index (κ2) is 6.82. The van der Waals surface area contributed by atoms with Gasteiger partial charge in [0, 0.05) is 34.5 Å². The Balaban J connectivity index is 2.11. The minimum Gasteiger partial charge on any atom is -0.507 e. The van der Waals surface area contributed by atoms with E-state index in [1.54, 1.807) is 18.2 Å². The number of Topliss-reactive ketones (excluding diaryl/α,β-unsaturated/α-hetero) is 1. The highest BCUT2D eigenvalue weighted by Gasteiger charge is 2.09. The number of nitro groups is 1. The maximum absolute atomic E-state index is 11.9. The van der Waals surface area contributed by atoms with Crippen LogP contribution in [0.15, 0.2) is 47.5 Å². The zero-order valence-electron chi connectivity index (χ0n) is 11.3. The van der Waals surface area contributed by atoms with Crippen molar-refractivity contribution < 1.29 is 14.8 Å². The van der Waals surface area contributed by atoms with Gasteiger partial charge in [-0.1, -0.05) is 23.7 Å². The van der Waals surface area contributed by atoms with E-state index in [0.29, 0.717) is 10.6 Å². The standard InChI is InChI=1S/C15H11ClN2O4/c16-12-3-1-2-10(6-12)15(20)9-17-8-11-7-13(18(21)22)4-5-14(11)19/h1-8,19H,9H2. The Morgan fingerprint density at radius 3 is 2.77 bits per heavy atom. The molecule has 2 aromatic carbocycles. The van der Waals surface area contributed by atoms with Crippen LogP contribution in [0.25, 0.3) is 0 Å². The van der Waals surface area contributed by atoms with Crippen molar-refractivity contribution in [2.75, 3.05) is 6.54 Å². The smallest absolute Gasteiger partial charge is 0.270 e. The van der Waals surface area contributed by atoms with Crippen LogP contribution < -0.4 is 0 Å². The Bertz CT molecular complexity index is 759. The highest BCUT2D eigenvalue weighted by atomic mass is 35.5. The predicted octanol–water partition coefficient (Wildman–Crippen LogP) is 3.26. The maximum atomic E-state index is 11.9. The number of halogens is 1. The average molecular weight is 319 g/mol. The summed E-state index contributed by atoms with van der Waals surface area (Å²) in [7, 11) is 0. The molecule has 0 saturated heterocycles. The van der Waals surface area contributed by atoms with Gasteiger partial charge in [-0.2, -0.15) is 0 Å². The largest absolute Gasteiger partial charge is 0.507 e. The van der Waals surface area contributed by atoms with Crippen LogP contribution in [0.4, 0.5) is 5.69 Å². The summed E-state index contributed by atoms with van der Waals surface area (Å²) >= 11 is 5.80. The lowest BCUT2D eigenvalue weighted by Crippen LogP contribution is -2.03. The van der Waals surface area contributed by atoms with Crippen LogP contribution >= 0.6 is 11.6 Å². The van der Waals surface area contributed by atoms with Crippen molar-refractivity contribution in [2.24, 2.45) is 4.99 Å². The number of nitro benzene ring substituents is 1. The van der Waals surface area contributed by atoms with E-state index >= 15 is 0 Å². The molecule has 0 amide bonds. The number of aliphatic imine (C=N–C) groups is 1. The fourth-order valence-electron chi connectivity index (χ4n) is 1.74. The summed E-state index contributed by atoms with van der Waals surface area (Å²) in [6, 6.07) is 10.0. The Kier molecular flexibility index (Phi) is 4.85. The monoisotopic (exact) mass is 318 g/mol. The number of ketones is 1. The molecule has 0 heterocycles. The molecule has 0 aromatic heterocycles. The molecule has 0 aliphatic carbocycles. The molecule has 0 fully saturated rings. The van der Waals surface area contributed by atoms with E-state index in [1.807, 2.05) is 0 Å². The molecule has 0 radical (unpaired) electrons. The fourth-order valence-corrected chi connectivity index (χ4v) is 1.93. The Morgan fingerprint density at radius 2 is 2.09 bits per heavy atom. The van der Waals surface area contributed by atoms with Crippen molar-refractivity contribution in [1.29, 1.82) is 0 Å². The summed E-state index contributed by atoms with van der Waals surface area (Å²) in [4.78, 5) is 25.9. The molecule has 0 unspecified atom stereocenters. The van der Waals surface area contributed by atoms with Crippen LogP contribution in [-0.2, 0) is 0 Å². The molecule has 0 aliphatic heterocycles. The third-order valence-electron chi connectivity index (χ3n) is 2.83. The summed E-state index contributed by atoms with van der Waals surface area (Å²) in [6.45, 7) is -0.150. The van der Waals surface area contributed by atoms with Crippen molar-refractivity contribution in [3.63, 3.8) is 0 Å². The molecule has 0 atom stereocenters. The quantitative estimate of drug-likeness (QED) is 0.396. The first-order valence-electron chi connectivity index (χ1n) is 6.23. The van der Waals surface area contributed by atoms with Crippen molar-refractivity contribution in [1.82, 2.24) is 0 Å². The van der Waals surface area contributed by atoms with Gasteiger partial charge < -0.3 is 5.11 Å². The van der Waals surface area contributed by atoms with Gasteiger partial charge in [-0.3, -0.25) is 19.9 Å². The minimum absolute atomic E-state index is 0.149. The van der Waals surface area contributed by atoms with Crippen LogP contribution in [0.1, 0.15) is 15.9 Å². The molecule has 22 heavy (non-hydrogen) atoms. The van der Waals surface area contributed by atoms with E-state index in [4.69, 9.17) is 11.6 Å². The number of phenolic OH excluding ortho intramolecular Hbond substituents is 1. The maximum Gasteiger partial charge on any atom is 0.270 e. The lowest BCUT2D eigenvalue weighted by Gasteiger charge is -2.00. The van der Waals surface area contributed by atoms with Crippen molar-refractivity contribution in [3.05, 3.63) is 68.7 Å². The Morgan fingerprint density at radius 1 is 1.32 bits per heavy atom. The van der Waals surface area contributed by atoms with Crippen LogP contribution in [0.5, 0.6) is 5.75 Å². The van der Waals surface area contributed by atoms with Gasteiger partial charge in [0.2, 0.25) is 0 Å². The van der Waals surface area contributed by atoms with E-state index in [2.05, 4.69) is 4.99 Å². The molecule has 1 N–H and O–H groups in total. The lowest BCUT2D eigenvalue weighted by molar-refractivity contribution is -0.384. The number of hydrogen-bond acceptors (Lipinski definition) is 5. The van der Waals surface area contributed by atoms with E-state index in [9.17, 15) is 20.0 Å². The molecule has 0 bridgehead atoms. The normalized spacial score (nSPS) is 10.8. The summed E-state index contributed by atoms with van der Waals surface area (Å²) in [5.41, 5.74) is 0.432. The number of carbonyl (C=O) groups is 1. The zero-order valence-corrected chi connectivity index (χ0v) is 12.0. The average Bonchev–Trinajstić information content (AvgIpc) is 2.48. The predicted molar refractivity (Wildman–Crippen MR) is 83.0 cm³/mol. The number of phenols is 1. The topological polar surface area (TPSA) is 92.8 Å². The van der Waals surface area contributed by atoms with Gasteiger partial charge in [0.25, 0.3) is 5.69 Å². The van der Waals surface area contributed by atoms with Gasteiger partial charge in [0.15, 0.2) is 5.78 Å². The van der Waals surface area contributed by atoms with Crippen LogP contribution in [0, 0.1) is 10.1 Å². The molecule has 0 aliphatic rings.